The van der Waals surface area contributed by atoms with E-state index >= 15 is 0 Å². The minimum atomic E-state index is 0.0496. The summed E-state index contributed by atoms with van der Waals surface area (Å²) in [6.45, 7) is 0. The molecular formula is C13H8BrNOS. The third-order valence-electron chi connectivity index (χ3n) is 2.57. The maximum absolute atomic E-state index is 12.0. The second-order valence-electron chi connectivity index (χ2n) is 3.65. The van der Waals surface area contributed by atoms with E-state index in [1.54, 1.807) is 4.57 Å². The van der Waals surface area contributed by atoms with E-state index in [0.29, 0.717) is 0 Å². The van der Waals surface area contributed by atoms with Gasteiger partial charge in [-0.15, -0.1) is 0 Å². The van der Waals surface area contributed by atoms with Gasteiger partial charge in [0.2, 0.25) is 0 Å². The van der Waals surface area contributed by atoms with Crippen LogP contribution in [0.3, 0.4) is 0 Å². The fourth-order valence-corrected chi connectivity index (χ4v) is 2.96. The van der Waals surface area contributed by atoms with Crippen LogP contribution in [0.15, 0.2) is 57.8 Å². The molecule has 0 N–H and O–H groups in total. The quantitative estimate of drug-likeness (QED) is 0.670. The third-order valence-corrected chi connectivity index (χ3v) is 4.02. The summed E-state index contributed by atoms with van der Waals surface area (Å²) in [5.41, 5.74) is 1.86. The predicted octanol–water partition coefficient (Wildman–Crippen LogP) is 3.81. The molecule has 0 amide bonds. The second kappa shape index (κ2) is 4.13. The molecule has 0 saturated heterocycles. The molecule has 0 fully saturated rings. The van der Waals surface area contributed by atoms with Gasteiger partial charge < -0.3 is 0 Å². The lowest BCUT2D eigenvalue weighted by atomic mass is 10.3. The molecular weight excluding hydrogens is 298 g/mol. The van der Waals surface area contributed by atoms with Gasteiger partial charge in [0.05, 0.1) is 15.9 Å². The minimum absolute atomic E-state index is 0.0496. The first-order valence-corrected chi connectivity index (χ1v) is 6.73. The number of halogens is 1. The Bertz CT molecular complexity index is 727. The Balaban J connectivity index is 2.33. The number of fused-ring (bicyclic) bond motifs is 1. The molecule has 1 heterocycles. The van der Waals surface area contributed by atoms with Gasteiger partial charge in [0, 0.05) is 4.47 Å². The van der Waals surface area contributed by atoms with Gasteiger partial charge in [-0.1, -0.05) is 39.4 Å². The van der Waals surface area contributed by atoms with E-state index in [2.05, 4.69) is 15.9 Å². The minimum Gasteiger partial charge on any atom is -0.267 e. The van der Waals surface area contributed by atoms with Crippen molar-refractivity contribution in [1.29, 1.82) is 0 Å². The molecule has 17 heavy (non-hydrogen) atoms. The monoisotopic (exact) mass is 305 g/mol. The Labute approximate surface area is 110 Å². The molecule has 4 heteroatoms. The lowest BCUT2D eigenvalue weighted by Crippen LogP contribution is -2.09. The van der Waals surface area contributed by atoms with Gasteiger partial charge >= 0.3 is 4.87 Å². The molecule has 1 aromatic heterocycles. The van der Waals surface area contributed by atoms with Gasteiger partial charge in [-0.05, 0) is 36.4 Å². The molecule has 3 rings (SSSR count). The van der Waals surface area contributed by atoms with Gasteiger partial charge in [0.25, 0.3) is 0 Å². The molecule has 84 valence electrons. The van der Waals surface area contributed by atoms with Gasteiger partial charge in [-0.2, -0.15) is 0 Å². The van der Waals surface area contributed by atoms with Crippen molar-refractivity contribution < 1.29 is 0 Å². The Kier molecular flexibility index (Phi) is 2.61. The van der Waals surface area contributed by atoms with Crippen LogP contribution in [-0.4, -0.2) is 4.57 Å². The van der Waals surface area contributed by atoms with Crippen molar-refractivity contribution in [3.8, 4) is 5.69 Å². The number of para-hydroxylation sites is 1. The van der Waals surface area contributed by atoms with Crippen LogP contribution in [0.1, 0.15) is 0 Å². The van der Waals surface area contributed by atoms with Crippen molar-refractivity contribution in [3.05, 3.63) is 62.7 Å². The number of hydrogen-bond acceptors (Lipinski definition) is 2. The van der Waals surface area contributed by atoms with Gasteiger partial charge in [-0.3, -0.25) is 9.36 Å². The zero-order valence-corrected chi connectivity index (χ0v) is 11.2. The van der Waals surface area contributed by atoms with Crippen molar-refractivity contribution >= 4 is 37.5 Å². The molecule has 0 unspecified atom stereocenters. The Morgan fingerprint density at radius 2 is 1.71 bits per heavy atom. The Morgan fingerprint density at radius 1 is 1.00 bits per heavy atom. The largest absolute Gasteiger partial charge is 0.312 e. The van der Waals surface area contributed by atoms with Crippen LogP contribution >= 0.6 is 27.3 Å². The van der Waals surface area contributed by atoms with Crippen LogP contribution in [0, 0.1) is 0 Å². The molecule has 0 aliphatic heterocycles. The highest BCUT2D eigenvalue weighted by molar-refractivity contribution is 9.10. The third kappa shape index (κ3) is 1.83. The molecule has 0 radical (unpaired) electrons. The van der Waals surface area contributed by atoms with Crippen LogP contribution in [0.25, 0.3) is 15.9 Å². The first kappa shape index (κ1) is 10.7. The van der Waals surface area contributed by atoms with Gasteiger partial charge in [0.1, 0.15) is 0 Å². The molecule has 2 nitrogen and oxygen atoms in total. The zero-order valence-electron chi connectivity index (χ0n) is 8.76. The fourth-order valence-electron chi connectivity index (χ4n) is 1.80. The van der Waals surface area contributed by atoms with Crippen LogP contribution in [0.4, 0.5) is 0 Å². The van der Waals surface area contributed by atoms with Crippen molar-refractivity contribution in [3.63, 3.8) is 0 Å². The second-order valence-corrected chi connectivity index (χ2v) is 5.56. The molecule has 0 spiro atoms. The Morgan fingerprint density at radius 3 is 2.47 bits per heavy atom. The summed E-state index contributed by atoms with van der Waals surface area (Å²) in [6.07, 6.45) is 0. The highest BCUT2D eigenvalue weighted by atomic mass is 79.9. The average Bonchev–Trinajstić information content (AvgIpc) is 2.66. The first-order valence-electron chi connectivity index (χ1n) is 5.12. The van der Waals surface area contributed by atoms with E-state index in [1.807, 2.05) is 48.5 Å². The smallest absolute Gasteiger partial charge is 0.267 e. The lowest BCUT2D eigenvalue weighted by molar-refractivity contribution is 1.09. The Hall–Kier alpha value is -1.39. The summed E-state index contributed by atoms with van der Waals surface area (Å²) in [6, 6.07) is 15.6. The van der Waals surface area contributed by atoms with Crippen LogP contribution in [-0.2, 0) is 0 Å². The standard InChI is InChI=1S/C13H8BrNOS/c14-9-5-7-10(8-6-9)15-11-3-1-2-4-12(11)17-13(15)16/h1-8H. The molecule has 0 saturated carbocycles. The number of rotatable bonds is 1. The van der Waals surface area contributed by atoms with E-state index in [-0.39, 0.29) is 4.87 Å². The zero-order chi connectivity index (χ0) is 11.8. The van der Waals surface area contributed by atoms with Crippen molar-refractivity contribution in [1.82, 2.24) is 4.57 Å². The predicted molar refractivity (Wildman–Crippen MR) is 75.1 cm³/mol. The van der Waals surface area contributed by atoms with E-state index < -0.39 is 0 Å². The SMILES string of the molecule is O=c1sc2ccccc2n1-c1ccc(Br)cc1. The molecule has 0 bridgehead atoms. The normalized spacial score (nSPS) is 10.9. The summed E-state index contributed by atoms with van der Waals surface area (Å²) in [4.78, 5) is 12.0. The summed E-state index contributed by atoms with van der Waals surface area (Å²) in [5, 5.41) is 0. The van der Waals surface area contributed by atoms with E-state index in [0.717, 1.165) is 20.4 Å². The van der Waals surface area contributed by atoms with Crippen LogP contribution in [0.2, 0.25) is 0 Å². The fraction of sp³-hybridized carbons (Fsp3) is 0. The van der Waals surface area contributed by atoms with Crippen molar-refractivity contribution in [2.75, 3.05) is 0 Å². The van der Waals surface area contributed by atoms with E-state index in [9.17, 15) is 4.79 Å². The lowest BCUT2D eigenvalue weighted by Gasteiger charge is -2.03. The summed E-state index contributed by atoms with van der Waals surface area (Å²) in [7, 11) is 0. The van der Waals surface area contributed by atoms with Gasteiger partial charge in [-0.25, -0.2) is 0 Å². The number of aromatic nitrogens is 1. The summed E-state index contributed by atoms with van der Waals surface area (Å²) < 4.78 is 3.76. The maximum Gasteiger partial charge on any atom is 0.312 e. The molecule has 3 aromatic rings. The topological polar surface area (TPSA) is 22.0 Å². The number of nitrogens with zero attached hydrogens (tertiary/aromatic N) is 1. The molecule has 2 aromatic carbocycles. The van der Waals surface area contributed by atoms with E-state index in [4.69, 9.17) is 0 Å². The molecule has 0 aliphatic rings. The van der Waals surface area contributed by atoms with Gasteiger partial charge in [0.15, 0.2) is 0 Å². The average molecular weight is 306 g/mol. The molecule has 0 atom stereocenters. The first-order chi connectivity index (χ1) is 8.25. The van der Waals surface area contributed by atoms with Crippen LogP contribution < -0.4 is 4.87 Å². The number of thiazole rings is 1. The highest BCUT2D eigenvalue weighted by Gasteiger charge is 2.07. The summed E-state index contributed by atoms with van der Waals surface area (Å²) in [5.74, 6) is 0. The maximum atomic E-state index is 12.0. The van der Waals surface area contributed by atoms with Crippen molar-refractivity contribution in [2.45, 2.75) is 0 Å². The summed E-state index contributed by atoms with van der Waals surface area (Å²) >= 11 is 4.67. The van der Waals surface area contributed by atoms with Crippen LogP contribution in [0.5, 0.6) is 0 Å². The van der Waals surface area contributed by atoms with E-state index in [1.165, 1.54) is 11.3 Å². The number of hydrogen-bond donors (Lipinski definition) is 0. The van der Waals surface area contributed by atoms with Crippen molar-refractivity contribution in [2.24, 2.45) is 0 Å². The highest BCUT2D eigenvalue weighted by Crippen LogP contribution is 2.21. The number of benzene rings is 2. The molecule has 0 aliphatic carbocycles.